The van der Waals surface area contributed by atoms with Gasteiger partial charge in [0.05, 0.1) is 18.5 Å². The van der Waals surface area contributed by atoms with Gasteiger partial charge in [-0.25, -0.2) is 0 Å². The van der Waals surface area contributed by atoms with Crippen LogP contribution in [0.2, 0.25) is 0 Å². The van der Waals surface area contributed by atoms with Gasteiger partial charge >= 0.3 is 0 Å². The highest BCUT2D eigenvalue weighted by atomic mass is 32.1. The Labute approximate surface area is 166 Å². The lowest BCUT2D eigenvalue weighted by atomic mass is 10.0. The van der Waals surface area contributed by atoms with E-state index >= 15 is 0 Å². The van der Waals surface area contributed by atoms with Crippen LogP contribution >= 0.6 is 11.3 Å². The zero-order valence-electron chi connectivity index (χ0n) is 15.8. The van der Waals surface area contributed by atoms with E-state index in [0.29, 0.717) is 35.6 Å². The second kappa shape index (κ2) is 6.94. The van der Waals surface area contributed by atoms with E-state index in [0.717, 1.165) is 10.4 Å². The van der Waals surface area contributed by atoms with Gasteiger partial charge < -0.3 is 19.8 Å². The van der Waals surface area contributed by atoms with Crippen LogP contribution < -0.4 is 4.90 Å². The van der Waals surface area contributed by atoms with Crippen LogP contribution in [-0.4, -0.2) is 59.8 Å². The number of anilines is 1. The van der Waals surface area contributed by atoms with Gasteiger partial charge in [0.2, 0.25) is 11.8 Å². The molecule has 1 aromatic carbocycles. The number of thiophene rings is 1. The number of para-hydroxylation sites is 1. The number of amides is 3. The number of nitrogens with zero attached hydrogens (tertiary/aromatic N) is 3. The summed E-state index contributed by atoms with van der Waals surface area (Å²) >= 11 is 1.41. The maximum absolute atomic E-state index is 12.8. The number of phenols is 1. The number of hydrogen-bond acceptors (Lipinski definition) is 5. The fraction of sp³-hybridized carbons (Fsp3) is 0.350. The molecule has 3 heterocycles. The SMILES string of the molecule is CN1CC(=O)N(C)c2sc3c(c2C1=O)CCN(C(=O)Cc1ccccc1O)C3. The first-order valence-electron chi connectivity index (χ1n) is 9.08. The van der Waals surface area contributed by atoms with E-state index in [1.54, 1.807) is 48.2 Å². The highest BCUT2D eigenvalue weighted by Crippen LogP contribution is 2.40. The molecular formula is C20H21N3O4S. The van der Waals surface area contributed by atoms with Crippen molar-refractivity contribution in [2.75, 3.05) is 32.1 Å². The fourth-order valence-electron chi connectivity index (χ4n) is 3.68. The normalized spacial score (nSPS) is 16.7. The van der Waals surface area contributed by atoms with Gasteiger partial charge in [-0.15, -0.1) is 11.3 Å². The molecule has 2 aliphatic heterocycles. The van der Waals surface area contributed by atoms with E-state index < -0.39 is 0 Å². The molecule has 0 aliphatic carbocycles. The molecule has 0 saturated carbocycles. The average molecular weight is 399 g/mol. The summed E-state index contributed by atoms with van der Waals surface area (Å²) in [7, 11) is 3.33. The molecule has 0 saturated heterocycles. The molecule has 0 atom stereocenters. The van der Waals surface area contributed by atoms with Gasteiger partial charge in [0.15, 0.2) is 0 Å². The lowest BCUT2D eigenvalue weighted by Gasteiger charge is -2.28. The molecule has 146 valence electrons. The van der Waals surface area contributed by atoms with E-state index in [1.165, 1.54) is 16.2 Å². The largest absolute Gasteiger partial charge is 0.508 e. The summed E-state index contributed by atoms with van der Waals surface area (Å²) in [6.45, 7) is 0.992. The number of likely N-dealkylation sites (N-methyl/N-ethyl adjacent to an activating group) is 2. The third-order valence-electron chi connectivity index (χ3n) is 5.34. The predicted octanol–water partition coefficient (Wildman–Crippen LogP) is 1.63. The van der Waals surface area contributed by atoms with E-state index in [4.69, 9.17) is 0 Å². The molecule has 7 nitrogen and oxygen atoms in total. The van der Waals surface area contributed by atoms with Gasteiger partial charge in [-0.05, 0) is 18.1 Å². The number of fused-ring (bicyclic) bond motifs is 3. The molecular weight excluding hydrogens is 378 g/mol. The first-order chi connectivity index (χ1) is 13.4. The van der Waals surface area contributed by atoms with Crippen LogP contribution in [0.1, 0.15) is 26.4 Å². The molecule has 1 aromatic heterocycles. The summed E-state index contributed by atoms with van der Waals surface area (Å²) in [5.41, 5.74) is 2.15. The van der Waals surface area contributed by atoms with Crippen molar-refractivity contribution in [1.29, 1.82) is 0 Å². The zero-order chi connectivity index (χ0) is 20.0. The zero-order valence-corrected chi connectivity index (χ0v) is 16.6. The minimum atomic E-state index is -0.140. The summed E-state index contributed by atoms with van der Waals surface area (Å²) in [5, 5.41) is 10.6. The summed E-state index contributed by atoms with van der Waals surface area (Å²) in [6.07, 6.45) is 0.711. The summed E-state index contributed by atoms with van der Waals surface area (Å²) < 4.78 is 0. The van der Waals surface area contributed by atoms with Crippen LogP contribution in [0, 0.1) is 0 Å². The average Bonchev–Trinajstić information content (AvgIpc) is 3.03. The van der Waals surface area contributed by atoms with Gasteiger partial charge in [-0.1, -0.05) is 18.2 Å². The third-order valence-corrected chi connectivity index (χ3v) is 6.63. The summed E-state index contributed by atoms with van der Waals surface area (Å²) in [4.78, 5) is 43.5. The van der Waals surface area contributed by atoms with Crippen molar-refractivity contribution < 1.29 is 19.5 Å². The molecule has 0 unspecified atom stereocenters. The Hall–Kier alpha value is -2.87. The fourth-order valence-corrected chi connectivity index (χ4v) is 5.01. The highest BCUT2D eigenvalue weighted by Gasteiger charge is 2.36. The first kappa shape index (κ1) is 18.5. The van der Waals surface area contributed by atoms with Gasteiger partial charge in [-0.2, -0.15) is 0 Å². The van der Waals surface area contributed by atoms with Crippen molar-refractivity contribution >= 4 is 34.1 Å². The number of aromatic hydroxyl groups is 1. The van der Waals surface area contributed by atoms with E-state index in [9.17, 15) is 19.5 Å². The molecule has 2 aliphatic rings. The van der Waals surface area contributed by atoms with Crippen LogP contribution in [0.4, 0.5) is 5.00 Å². The Morgan fingerprint density at radius 3 is 2.68 bits per heavy atom. The molecule has 8 heteroatoms. The minimum Gasteiger partial charge on any atom is -0.508 e. The monoisotopic (exact) mass is 399 g/mol. The van der Waals surface area contributed by atoms with Gasteiger partial charge in [0.1, 0.15) is 17.3 Å². The molecule has 3 amide bonds. The lowest BCUT2D eigenvalue weighted by molar-refractivity contribution is -0.131. The molecule has 28 heavy (non-hydrogen) atoms. The quantitative estimate of drug-likeness (QED) is 0.832. The van der Waals surface area contributed by atoms with Crippen LogP contribution in [0.3, 0.4) is 0 Å². The van der Waals surface area contributed by atoms with Crippen molar-refractivity contribution in [3.63, 3.8) is 0 Å². The molecule has 0 bridgehead atoms. The number of carbonyl (C=O) groups is 3. The van der Waals surface area contributed by atoms with E-state index in [-0.39, 0.29) is 36.4 Å². The molecule has 0 spiro atoms. The Morgan fingerprint density at radius 2 is 1.93 bits per heavy atom. The van der Waals surface area contributed by atoms with Crippen molar-refractivity contribution in [2.45, 2.75) is 19.4 Å². The molecule has 1 N–H and O–H groups in total. The number of benzene rings is 1. The Kier molecular flexibility index (Phi) is 4.58. The summed E-state index contributed by atoms with van der Waals surface area (Å²) in [5.74, 6) is -0.214. The van der Waals surface area contributed by atoms with Crippen molar-refractivity contribution in [2.24, 2.45) is 0 Å². The summed E-state index contributed by atoms with van der Waals surface area (Å²) in [6, 6.07) is 6.83. The Bertz CT molecular complexity index is 984. The number of phenolic OH excluding ortho intramolecular Hbond substituents is 1. The van der Waals surface area contributed by atoms with Gasteiger partial charge in [0.25, 0.3) is 5.91 Å². The first-order valence-corrected chi connectivity index (χ1v) is 9.89. The lowest BCUT2D eigenvalue weighted by Crippen LogP contribution is -2.37. The smallest absolute Gasteiger partial charge is 0.257 e. The number of carbonyl (C=O) groups excluding carboxylic acids is 3. The second-order valence-electron chi connectivity index (χ2n) is 7.17. The van der Waals surface area contributed by atoms with E-state index in [2.05, 4.69) is 0 Å². The van der Waals surface area contributed by atoms with Crippen LogP contribution in [0.25, 0.3) is 0 Å². The maximum Gasteiger partial charge on any atom is 0.257 e. The molecule has 4 rings (SSSR count). The van der Waals surface area contributed by atoms with Gasteiger partial charge in [0, 0.05) is 31.1 Å². The van der Waals surface area contributed by atoms with Crippen LogP contribution in [0.15, 0.2) is 24.3 Å². The van der Waals surface area contributed by atoms with E-state index in [1.807, 2.05) is 0 Å². The molecule has 2 aromatic rings. The topological polar surface area (TPSA) is 81.2 Å². The predicted molar refractivity (Wildman–Crippen MR) is 106 cm³/mol. The number of hydrogen-bond donors (Lipinski definition) is 1. The van der Waals surface area contributed by atoms with Crippen molar-refractivity contribution in [3.8, 4) is 5.75 Å². The standard InChI is InChI=1S/C20H21N3O4S/c1-21-11-17(26)22(2)20-18(19(21)27)13-7-8-23(10-15(13)28-20)16(25)9-12-5-3-4-6-14(12)24/h3-6,24H,7-11H2,1-2H3. The molecule has 0 radical (unpaired) electrons. The number of rotatable bonds is 2. The van der Waals surface area contributed by atoms with Crippen molar-refractivity contribution in [3.05, 3.63) is 45.8 Å². The third kappa shape index (κ3) is 3.03. The van der Waals surface area contributed by atoms with Gasteiger partial charge in [-0.3, -0.25) is 14.4 Å². The second-order valence-corrected chi connectivity index (χ2v) is 8.25. The van der Waals surface area contributed by atoms with Crippen LogP contribution in [-0.2, 0) is 29.0 Å². The highest BCUT2D eigenvalue weighted by molar-refractivity contribution is 7.17. The van der Waals surface area contributed by atoms with Crippen LogP contribution in [0.5, 0.6) is 5.75 Å². The van der Waals surface area contributed by atoms with Crippen molar-refractivity contribution in [1.82, 2.24) is 9.80 Å². The Morgan fingerprint density at radius 1 is 1.18 bits per heavy atom. The Balaban J connectivity index is 1.60. The molecule has 0 fully saturated rings. The minimum absolute atomic E-state index is 0.0661. The maximum atomic E-state index is 12.8.